The van der Waals surface area contributed by atoms with Gasteiger partial charge in [-0.15, -0.1) is 0 Å². The van der Waals surface area contributed by atoms with Gasteiger partial charge < -0.3 is 15.4 Å². The summed E-state index contributed by atoms with van der Waals surface area (Å²) in [6.45, 7) is 4.81. The van der Waals surface area contributed by atoms with Crippen LogP contribution in [0.25, 0.3) is 0 Å². The smallest absolute Gasteiger partial charge is 0.0850 e. The molecule has 2 atom stereocenters. The lowest BCUT2D eigenvalue weighted by atomic mass is 10.2. The average Bonchev–Trinajstić information content (AvgIpc) is 1.88. The maximum absolute atomic E-state index is 5.68. The first kappa shape index (κ1) is 7.98. The van der Waals surface area contributed by atoms with E-state index in [1.165, 1.54) is 0 Å². The highest BCUT2D eigenvalue weighted by Crippen LogP contribution is 2.04. The molecule has 1 heterocycles. The molecule has 0 aromatic rings. The van der Waals surface area contributed by atoms with Crippen molar-refractivity contribution in [3.8, 4) is 0 Å². The third-order valence-electron chi connectivity index (χ3n) is 1.88. The largest absolute Gasteiger partial charge is 0.374 e. The van der Waals surface area contributed by atoms with Crippen molar-refractivity contribution < 1.29 is 4.74 Å². The number of hydrogen-bond acceptors (Lipinski definition) is 3. The SMILES string of the molecule is C[C@@H](N)[C@@H]1CN(C)CCO1. The van der Waals surface area contributed by atoms with Gasteiger partial charge in [-0.3, -0.25) is 0 Å². The van der Waals surface area contributed by atoms with Gasteiger partial charge in [0.2, 0.25) is 0 Å². The molecule has 0 spiro atoms. The summed E-state index contributed by atoms with van der Waals surface area (Å²) < 4.78 is 5.44. The Bertz CT molecular complexity index is 106. The molecule has 0 aromatic carbocycles. The second-order valence-electron chi connectivity index (χ2n) is 3.03. The molecular formula is C7H16N2O. The fourth-order valence-electron chi connectivity index (χ4n) is 1.13. The number of morpholine rings is 1. The van der Waals surface area contributed by atoms with Crippen LogP contribution in [0.4, 0.5) is 0 Å². The Morgan fingerprint density at radius 3 is 2.80 bits per heavy atom. The number of likely N-dealkylation sites (N-methyl/N-ethyl adjacent to an activating group) is 1. The molecule has 0 radical (unpaired) electrons. The van der Waals surface area contributed by atoms with Crippen molar-refractivity contribution in [3.05, 3.63) is 0 Å². The first-order valence-corrected chi connectivity index (χ1v) is 3.76. The second-order valence-corrected chi connectivity index (χ2v) is 3.03. The molecule has 1 saturated heterocycles. The van der Waals surface area contributed by atoms with Crippen molar-refractivity contribution >= 4 is 0 Å². The van der Waals surface area contributed by atoms with Gasteiger partial charge in [0.25, 0.3) is 0 Å². The summed E-state index contributed by atoms with van der Waals surface area (Å²) in [7, 11) is 2.10. The molecule has 3 heteroatoms. The fraction of sp³-hybridized carbons (Fsp3) is 1.00. The summed E-state index contributed by atoms with van der Waals surface area (Å²) in [5, 5.41) is 0. The van der Waals surface area contributed by atoms with Crippen molar-refractivity contribution in [2.75, 3.05) is 26.7 Å². The Balaban J connectivity index is 2.32. The quantitative estimate of drug-likeness (QED) is 0.547. The maximum atomic E-state index is 5.68. The number of rotatable bonds is 1. The Morgan fingerprint density at radius 1 is 1.70 bits per heavy atom. The van der Waals surface area contributed by atoms with Gasteiger partial charge in [0, 0.05) is 19.1 Å². The molecule has 1 aliphatic heterocycles. The number of nitrogens with zero attached hydrogens (tertiary/aromatic N) is 1. The van der Waals surface area contributed by atoms with E-state index in [-0.39, 0.29) is 12.1 Å². The van der Waals surface area contributed by atoms with Crippen LogP contribution in [0.1, 0.15) is 6.92 Å². The molecule has 60 valence electrons. The monoisotopic (exact) mass is 144 g/mol. The van der Waals surface area contributed by atoms with Crippen LogP contribution < -0.4 is 5.73 Å². The summed E-state index contributed by atoms with van der Waals surface area (Å²) >= 11 is 0. The zero-order valence-corrected chi connectivity index (χ0v) is 6.71. The molecule has 0 aromatic heterocycles. The highest BCUT2D eigenvalue weighted by molar-refractivity contribution is 4.75. The van der Waals surface area contributed by atoms with Gasteiger partial charge in [-0.25, -0.2) is 0 Å². The maximum Gasteiger partial charge on any atom is 0.0850 e. The van der Waals surface area contributed by atoms with Gasteiger partial charge in [-0.2, -0.15) is 0 Å². The Morgan fingerprint density at radius 2 is 2.40 bits per heavy atom. The van der Waals surface area contributed by atoms with Crippen LogP contribution >= 0.6 is 0 Å². The summed E-state index contributed by atoms with van der Waals surface area (Å²) in [6.07, 6.45) is 0.235. The molecular weight excluding hydrogens is 128 g/mol. The van der Waals surface area contributed by atoms with Crippen LogP contribution in [0.15, 0.2) is 0 Å². The van der Waals surface area contributed by atoms with E-state index in [0.717, 1.165) is 19.7 Å². The molecule has 0 aliphatic carbocycles. The highest BCUT2D eigenvalue weighted by Gasteiger charge is 2.20. The van der Waals surface area contributed by atoms with Crippen molar-refractivity contribution in [3.63, 3.8) is 0 Å². The Labute approximate surface area is 62.1 Å². The summed E-state index contributed by atoms with van der Waals surface area (Å²) in [5.74, 6) is 0. The first-order chi connectivity index (χ1) is 4.70. The van der Waals surface area contributed by atoms with Gasteiger partial charge in [-0.1, -0.05) is 0 Å². The summed E-state index contributed by atoms with van der Waals surface area (Å²) in [4.78, 5) is 2.25. The molecule has 1 fully saturated rings. The minimum absolute atomic E-state index is 0.155. The zero-order chi connectivity index (χ0) is 7.56. The van der Waals surface area contributed by atoms with Crippen LogP contribution in [0.3, 0.4) is 0 Å². The number of ether oxygens (including phenoxy) is 1. The topological polar surface area (TPSA) is 38.5 Å². The van der Waals surface area contributed by atoms with Gasteiger partial charge in [-0.05, 0) is 14.0 Å². The van der Waals surface area contributed by atoms with Gasteiger partial charge in [0.05, 0.1) is 12.7 Å². The Hall–Kier alpha value is -0.120. The standard InChI is InChI=1S/C7H16N2O/c1-6(8)7-5-9(2)3-4-10-7/h6-7H,3-5,8H2,1-2H3/t6-,7+/m1/s1. The molecule has 0 unspecified atom stereocenters. The molecule has 10 heavy (non-hydrogen) atoms. The minimum Gasteiger partial charge on any atom is -0.374 e. The van der Waals surface area contributed by atoms with Gasteiger partial charge in [0.15, 0.2) is 0 Å². The van der Waals surface area contributed by atoms with E-state index in [4.69, 9.17) is 10.5 Å². The van der Waals surface area contributed by atoms with Gasteiger partial charge in [0.1, 0.15) is 0 Å². The predicted octanol–water partition coefficient (Wildman–Crippen LogP) is -0.336. The summed E-state index contributed by atoms with van der Waals surface area (Å²) in [5.41, 5.74) is 5.68. The van der Waals surface area contributed by atoms with E-state index in [1.54, 1.807) is 0 Å². The molecule has 0 saturated carbocycles. The van der Waals surface area contributed by atoms with Crippen LogP contribution in [0.2, 0.25) is 0 Å². The van der Waals surface area contributed by atoms with E-state index in [1.807, 2.05) is 6.92 Å². The van der Waals surface area contributed by atoms with Gasteiger partial charge >= 0.3 is 0 Å². The van der Waals surface area contributed by atoms with Crippen molar-refractivity contribution in [2.45, 2.75) is 19.1 Å². The third-order valence-corrected chi connectivity index (χ3v) is 1.88. The fourth-order valence-corrected chi connectivity index (χ4v) is 1.13. The lowest BCUT2D eigenvalue weighted by Gasteiger charge is -2.32. The normalized spacial score (nSPS) is 32.1. The zero-order valence-electron chi connectivity index (χ0n) is 6.71. The van der Waals surface area contributed by atoms with E-state index in [9.17, 15) is 0 Å². The molecule has 1 aliphatic rings. The molecule has 2 N–H and O–H groups in total. The van der Waals surface area contributed by atoms with E-state index < -0.39 is 0 Å². The highest BCUT2D eigenvalue weighted by atomic mass is 16.5. The predicted molar refractivity (Wildman–Crippen MR) is 40.9 cm³/mol. The summed E-state index contributed by atoms with van der Waals surface area (Å²) in [6, 6.07) is 0.155. The molecule has 3 nitrogen and oxygen atoms in total. The first-order valence-electron chi connectivity index (χ1n) is 3.76. The van der Waals surface area contributed by atoms with E-state index >= 15 is 0 Å². The minimum atomic E-state index is 0.155. The van der Waals surface area contributed by atoms with Crippen LogP contribution in [-0.4, -0.2) is 43.8 Å². The van der Waals surface area contributed by atoms with Crippen LogP contribution in [-0.2, 0) is 4.74 Å². The molecule has 1 rings (SSSR count). The van der Waals surface area contributed by atoms with Crippen LogP contribution in [0, 0.1) is 0 Å². The third kappa shape index (κ3) is 1.94. The van der Waals surface area contributed by atoms with E-state index in [2.05, 4.69) is 11.9 Å². The van der Waals surface area contributed by atoms with Crippen molar-refractivity contribution in [1.82, 2.24) is 4.90 Å². The molecule has 0 amide bonds. The lowest BCUT2D eigenvalue weighted by Crippen LogP contribution is -2.47. The number of hydrogen-bond donors (Lipinski definition) is 1. The van der Waals surface area contributed by atoms with Crippen LogP contribution in [0.5, 0.6) is 0 Å². The number of nitrogens with two attached hydrogens (primary N) is 1. The van der Waals surface area contributed by atoms with E-state index in [0.29, 0.717) is 0 Å². The van der Waals surface area contributed by atoms with Crippen molar-refractivity contribution in [1.29, 1.82) is 0 Å². The second kappa shape index (κ2) is 3.32. The molecule has 0 bridgehead atoms. The Kier molecular flexibility index (Phi) is 2.65. The van der Waals surface area contributed by atoms with Crippen molar-refractivity contribution in [2.24, 2.45) is 5.73 Å². The average molecular weight is 144 g/mol. The lowest BCUT2D eigenvalue weighted by molar-refractivity contribution is -0.0291.